The lowest BCUT2D eigenvalue weighted by Crippen LogP contribution is -2.70. The number of thioether (sulfide) groups is 1. The van der Waals surface area contributed by atoms with Crippen LogP contribution in [0.4, 0.5) is 0 Å². The number of amides is 2. The zero-order chi connectivity index (χ0) is 31.5. The summed E-state index contributed by atoms with van der Waals surface area (Å²) in [5, 5.41) is 11.9. The van der Waals surface area contributed by atoms with Crippen LogP contribution in [0.3, 0.4) is 0 Å². The van der Waals surface area contributed by atoms with Crippen molar-refractivity contribution >= 4 is 41.5 Å². The van der Waals surface area contributed by atoms with E-state index in [1.165, 1.54) is 18.7 Å². The highest BCUT2D eigenvalue weighted by Gasteiger charge is 2.54. The van der Waals surface area contributed by atoms with Gasteiger partial charge in [-0.25, -0.2) is 9.59 Å². The minimum Gasteiger partial charge on any atom is -0.477 e. The van der Waals surface area contributed by atoms with Gasteiger partial charge in [-0.15, -0.1) is 11.8 Å². The first-order valence-corrected chi connectivity index (χ1v) is 15.0. The fraction of sp³-hybridized carbons (Fsp3) is 0.281. The Labute approximate surface area is 257 Å². The van der Waals surface area contributed by atoms with E-state index in [1.54, 1.807) is 24.5 Å². The molecule has 5 rings (SSSR count). The molecule has 2 N–H and O–H groups in total. The SMILES string of the molecule is CCOC(=O)c1cc(-c2ccc(-c3ccccc3)cc2)n(CC(=O)N[C@@H]2C(=O)N3C(C(=O)O)=C(COC(C)=O)CS[C@H]23)c1C. The molecule has 1 aromatic heterocycles. The zero-order valence-electron chi connectivity index (χ0n) is 24.4. The Morgan fingerprint density at radius 2 is 1.66 bits per heavy atom. The number of carbonyl (C=O) groups excluding carboxylic acids is 4. The molecule has 44 heavy (non-hydrogen) atoms. The predicted octanol–water partition coefficient (Wildman–Crippen LogP) is 3.61. The molecular formula is C32H31N3O8S. The maximum atomic E-state index is 13.4. The Balaban J connectivity index is 1.37. The molecule has 0 bridgehead atoms. The van der Waals surface area contributed by atoms with Crippen molar-refractivity contribution in [3.63, 3.8) is 0 Å². The quantitative estimate of drug-likeness (QED) is 0.258. The molecule has 1 fully saturated rings. The van der Waals surface area contributed by atoms with E-state index in [-0.39, 0.29) is 31.2 Å². The molecule has 2 aliphatic rings. The molecule has 11 nitrogen and oxygen atoms in total. The van der Waals surface area contributed by atoms with Gasteiger partial charge in [0, 0.05) is 29.6 Å². The summed E-state index contributed by atoms with van der Waals surface area (Å²) < 4.78 is 11.9. The number of nitrogens with one attached hydrogen (secondary N) is 1. The van der Waals surface area contributed by atoms with Gasteiger partial charge >= 0.3 is 17.9 Å². The second-order valence-electron chi connectivity index (χ2n) is 10.3. The van der Waals surface area contributed by atoms with Crippen LogP contribution in [0.5, 0.6) is 0 Å². The highest BCUT2D eigenvalue weighted by Crippen LogP contribution is 2.40. The third kappa shape index (κ3) is 5.98. The molecule has 0 radical (unpaired) electrons. The normalized spacial score (nSPS) is 17.4. The van der Waals surface area contributed by atoms with Crippen LogP contribution in [0, 0.1) is 6.92 Å². The molecule has 0 saturated carbocycles. The van der Waals surface area contributed by atoms with Crippen molar-refractivity contribution in [1.29, 1.82) is 0 Å². The average Bonchev–Trinajstić information content (AvgIpc) is 3.34. The summed E-state index contributed by atoms with van der Waals surface area (Å²) >= 11 is 1.28. The standard InChI is InChI=1S/C32H31N3O8S/c1-4-42-32(41)24-14-25(22-12-10-21(11-13-22)20-8-6-5-7-9-20)34(18(24)2)15-26(37)33-27-29(38)35-28(31(39)40)23(16-43-19(3)36)17-44-30(27)35/h5-14,27,30H,4,15-17H2,1-3H3,(H,33,37)(H,39,40)/t27-,30-/m1/s1. The first-order valence-electron chi connectivity index (χ1n) is 14.0. The lowest BCUT2D eigenvalue weighted by atomic mass is 10.0. The number of ether oxygens (including phenoxy) is 2. The molecule has 2 atom stereocenters. The highest BCUT2D eigenvalue weighted by atomic mass is 32.2. The van der Waals surface area contributed by atoms with E-state index in [0.29, 0.717) is 22.5 Å². The number of aromatic nitrogens is 1. The number of carboxylic acid groups (broad SMARTS) is 1. The summed E-state index contributed by atoms with van der Waals surface area (Å²) in [7, 11) is 0. The number of esters is 2. The van der Waals surface area contributed by atoms with E-state index in [4.69, 9.17) is 9.47 Å². The number of benzene rings is 2. The first kappa shape index (κ1) is 30.6. The van der Waals surface area contributed by atoms with Crippen molar-refractivity contribution in [3.8, 4) is 22.4 Å². The number of carboxylic acids is 1. The Bertz CT molecular complexity index is 1660. The van der Waals surface area contributed by atoms with Crippen molar-refractivity contribution in [2.45, 2.75) is 38.7 Å². The Morgan fingerprint density at radius 3 is 2.30 bits per heavy atom. The number of aliphatic carboxylic acids is 1. The molecule has 2 amide bonds. The second-order valence-corrected chi connectivity index (χ2v) is 11.4. The monoisotopic (exact) mass is 617 g/mol. The summed E-state index contributed by atoms with van der Waals surface area (Å²) in [6.07, 6.45) is 0. The average molecular weight is 618 g/mol. The van der Waals surface area contributed by atoms with Gasteiger partial charge in [-0.3, -0.25) is 19.3 Å². The van der Waals surface area contributed by atoms with Crippen LogP contribution in [0.25, 0.3) is 22.4 Å². The smallest absolute Gasteiger partial charge is 0.352 e. The van der Waals surface area contributed by atoms with E-state index in [0.717, 1.165) is 21.6 Å². The topological polar surface area (TPSA) is 144 Å². The molecule has 2 aromatic carbocycles. The van der Waals surface area contributed by atoms with Gasteiger partial charge in [0.05, 0.1) is 12.2 Å². The van der Waals surface area contributed by atoms with E-state index in [9.17, 15) is 29.1 Å². The number of carbonyl (C=O) groups is 5. The molecule has 0 unspecified atom stereocenters. The summed E-state index contributed by atoms with van der Waals surface area (Å²) in [6.45, 7) is 4.42. The number of fused-ring (bicyclic) bond motifs is 1. The van der Waals surface area contributed by atoms with E-state index < -0.39 is 41.1 Å². The Hall–Kier alpha value is -4.84. The second kappa shape index (κ2) is 12.8. The van der Waals surface area contributed by atoms with Gasteiger partial charge in [0.15, 0.2) is 0 Å². The van der Waals surface area contributed by atoms with Gasteiger partial charge in [0.1, 0.15) is 30.3 Å². The summed E-state index contributed by atoms with van der Waals surface area (Å²) in [6, 6.07) is 18.4. The molecule has 228 valence electrons. The van der Waals surface area contributed by atoms with Crippen molar-refractivity contribution in [2.75, 3.05) is 19.0 Å². The van der Waals surface area contributed by atoms with Crippen LogP contribution in [0.2, 0.25) is 0 Å². The lowest BCUT2D eigenvalue weighted by molar-refractivity contribution is -0.151. The fourth-order valence-electron chi connectivity index (χ4n) is 5.31. The summed E-state index contributed by atoms with van der Waals surface area (Å²) in [5.74, 6) is -3.21. The number of hydrogen-bond acceptors (Lipinski definition) is 8. The van der Waals surface area contributed by atoms with Crippen molar-refractivity contribution in [2.24, 2.45) is 0 Å². The lowest BCUT2D eigenvalue weighted by Gasteiger charge is -2.49. The van der Waals surface area contributed by atoms with Crippen molar-refractivity contribution < 1.29 is 38.6 Å². The maximum absolute atomic E-state index is 13.4. The molecule has 3 aromatic rings. The predicted molar refractivity (Wildman–Crippen MR) is 162 cm³/mol. The number of rotatable bonds is 10. The highest BCUT2D eigenvalue weighted by molar-refractivity contribution is 8.00. The summed E-state index contributed by atoms with van der Waals surface area (Å²) in [4.78, 5) is 63.5. The molecule has 2 aliphatic heterocycles. The molecule has 12 heteroatoms. The van der Waals surface area contributed by atoms with Crippen LogP contribution < -0.4 is 5.32 Å². The fourth-order valence-corrected chi connectivity index (χ4v) is 6.64. The van der Waals surface area contributed by atoms with Gasteiger partial charge in [0.25, 0.3) is 5.91 Å². The van der Waals surface area contributed by atoms with Crippen LogP contribution in [-0.2, 0) is 35.2 Å². The molecule has 3 heterocycles. The van der Waals surface area contributed by atoms with Gasteiger partial charge in [-0.1, -0.05) is 54.6 Å². The van der Waals surface area contributed by atoms with Gasteiger partial charge in [-0.05, 0) is 36.6 Å². The third-order valence-corrected chi connectivity index (χ3v) is 8.81. The molecule has 0 aliphatic carbocycles. The minimum atomic E-state index is -1.31. The maximum Gasteiger partial charge on any atom is 0.352 e. The van der Waals surface area contributed by atoms with Crippen LogP contribution in [0.1, 0.15) is 29.9 Å². The molecular weight excluding hydrogens is 586 g/mol. The van der Waals surface area contributed by atoms with E-state index in [1.807, 2.05) is 54.6 Å². The largest absolute Gasteiger partial charge is 0.477 e. The van der Waals surface area contributed by atoms with E-state index >= 15 is 0 Å². The number of nitrogens with zero attached hydrogens (tertiary/aromatic N) is 2. The van der Waals surface area contributed by atoms with Crippen molar-refractivity contribution in [3.05, 3.63) is 83.2 Å². The van der Waals surface area contributed by atoms with Crippen LogP contribution in [-0.4, -0.2) is 74.7 Å². The summed E-state index contributed by atoms with van der Waals surface area (Å²) in [5.41, 5.74) is 4.40. The van der Waals surface area contributed by atoms with Crippen molar-refractivity contribution in [1.82, 2.24) is 14.8 Å². The minimum absolute atomic E-state index is 0.193. The van der Waals surface area contributed by atoms with Gasteiger partial charge in [0.2, 0.25) is 5.91 Å². The number of hydrogen-bond donors (Lipinski definition) is 2. The van der Waals surface area contributed by atoms with Gasteiger partial charge in [-0.2, -0.15) is 0 Å². The van der Waals surface area contributed by atoms with Crippen LogP contribution in [0.15, 0.2) is 71.9 Å². The first-order chi connectivity index (χ1) is 21.1. The van der Waals surface area contributed by atoms with E-state index in [2.05, 4.69) is 5.32 Å². The Kier molecular flexibility index (Phi) is 8.91. The van der Waals surface area contributed by atoms with Crippen LogP contribution >= 0.6 is 11.8 Å². The zero-order valence-corrected chi connectivity index (χ0v) is 25.2. The number of β-lactam (4-membered cyclic amide) rings is 1. The third-order valence-electron chi connectivity index (χ3n) is 7.47. The Morgan fingerprint density at radius 1 is 1.00 bits per heavy atom. The molecule has 1 saturated heterocycles. The molecule has 0 spiro atoms. The van der Waals surface area contributed by atoms with Gasteiger partial charge < -0.3 is 24.5 Å².